The van der Waals surface area contributed by atoms with Gasteiger partial charge < -0.3 is 15.1 Å². The van der Waals surface area contributed by atoms with Gasteiger partial charge in [0.1, 0.15) is 11.6 Å². The van der Waals surface area contributed by atoms with E-state index in [1.54, 1.807) is 6.07 Å². The molecule has 0 aromatic carbocycles. The van der Waals surface area contributed by atoms with Gasteiger partial charge in [0, 0.05) is 37.9 Å². The summed E-state index contributed by atoms with van der Waals surface area (Å²) in [6.45, 7) is 10.4. The summed E-state index contributed by atoms with van der Waals surface area (Å²) in [5.41, 5.74) is 7.72. The van der Waals surface area contributed by atoms with E-state index in [9.17, 15) is 0 Å². The number of aryl methyl sites for hydroxylation is 3. The third-order valence-electron chi connectivity index (χ3n) is 4.17. The molecule has 7 heteroatoms. The van der Waals surface area contributed by atoms with Gasteiger partial charge in [0.2, 0.25) is 11.8 Å². The minimum absolute atomic E-state index is 0.527. The fourth-order valence-electron chi connectivity index (χ4n) is 2.85. The van der Waals surface area contributed by atoms with Crippen LogP contribution in [0, 0.1) is 20.8 Å². The Labute approximate surface area is 136 Å². The fourth-order valence-corrected chi connectivity index (χ4v) is 2.85. The van der Waals surface area contributed by atoms with Gasteiger partial charge >= 0.3 is 0 Å². The first kappa shape index (κ1) is 15.7. The van der Waals surface area contributed by atoms with Gasteiger partial charge in [0.25, 0.3) is 0 Å². The minimum Gasteiger partial charge on any atom is -0.444 e. The van der Waals surface area contributed by atoms with Crippen LogP contribution in [-0.2, 0) is 6.54 Å². The van der Waals surface area contributed by atoms with Crippen molar-refractivity contribution in [2.75, 3.05) is 36.8 Å². The smallest absolute Gasteiger partial charge is 0.227 e. The predicted molar refractivity (Wildman–Crippen MR) is 89.3 cm³/mol. The molecule has 0 bridgehead atoms. The van der Waals surface area contributed by atoms with Gasteiger partial charge in [-0.2, -0.15) is 4.98 Å². The summed E-state index contributed by atoms with van der Waals surface area (Å²) < 4.78 is 5.69. The summed E-state index contributed by atoms with van der Waals surface area (Å²) in [5.74, 6) is 2.95. The standard InChI is InChI=1S/C16H24N6O/c1-11-9-14(17)20-16(18-11)22-6-4-5-21(7-8-22)10-15-19-12(2)13(3)23-15/h9H,4-8,10H2,1-3H3,(H2,17,18,20). The van der Waals surface area contributed by atoms with E-state index in [2.05, 4.69) is 24.8 Å². The van der Waals surface area contributed by atoms with E-state index in [1.165, 1.54) is 0 Å². The van der Waals surface area contributed by atoms with Crippen molar-refractivity contribution in [3.05, 3.63) is 29.1 Å². The van der Waals surface area contributed by atoms with Crippen LogP contribution in [0.4, 0.5) is 11.8 Å². The largest absolute Gasteiger partial charge is 0.444 e. The molecule has 3 rings (SSSR count). The van der Waals surface area contributed by atoms with Crippen LogP contribution in [0.5, 0.6) is 0 Å². The Hall–Kier alpha value is -2.15. The third-order valence-corrected chi connectivity index (χ3v) is 4.17. The molecule has 0 atom stereocenters. The molecule has 0 spiro atoms. The number of aromatic nitrogens is 3. The van der Waals surface area contributed by atoms with Crippen LogP contribution in [0.2, 0.25) is 0 Å². The van der Waals surface area contributed by atoms with Gasteiger partial charge in [0.15, 0.2) is 0 Å². The zero-order valence-electron chi connectivity index (χ0n) is 14.0. The molecule has 23 heavy (non-hydrogen) atoms. The first-order valence-corrected chi connectivity index (χ1v) is 8.02. The number of nitrogens with two attached hydrogens (primary N) is 1. The van der Waals surface area contributed by atoms with E-state index in [0.29, 0.717) is 5.82 Å². The molecule has 1 aliphatic heterocycles. The predicted octanol–water partition coefficient (Wildman–Crippen LogP) is 1.68. The SMILES string of the molecule is Cc1cc(N)nc(N2CCCN(Cc3nc(C)c(C)o3)CC2)n1. The molecule has 2 aromatic rings. The van der Waals surface area contributed by atoms with Crippen LogP contribution < -0.4 is 10.6 Å². The first-order chi connectivity index (χ1) is 11.0. The highest BCUT2D eigenvalue weighted by Gasteiger charge is 2.19. The maximum atomic E-state index is 5.84. The Bertz CT molecular complexity index is 643. The second-order valence-electron chi connectivity index (χ2n) is 6.10. The zero-order chi connectivity index (χ0) is 16.4. The second kappa shape index (κ2) is 6.54. The van der Waals surface area contributed by atoms with Crippen molar-refractivity contribution in [3.8, 4) is 0 Å². The Morgan fingerprint density at radius 3 is 2.61 bits per heavy atom. The molecule has 0 aliphatic carbocycles. The Morgan fingerprint density at radius 2 is 1.91 bits per heavy atom. The molecule has 2 aromatic heterocycles. The van der Waals surface area contributed by atoms with Crippen molar-refractivity contribution in [2.45, 2.75) is 33.7 Å². The normalized spacial score (nSPS) is 16.6. The Balaban J connectivity index is 1.64. The molecule has 2 N–H and O–H groups in total. The van der Waals surface area contributed by atoms with E-state index in [4.69, 9.17) is 10.2 Å². The number of nitrogens with zero attached hydrogens (tertiary/aromatic N) is 5. The minimum atomic E-state index is 0.527. The van der Waals surface area contributed by atoms with Crippen molar-refractivity contribution in [2.24, 2.45) is 0 Å². The lowest BCUT2D eigenvalue weighted by molar-refractivity contribution is 0.253. The van der Waals surface area contributed by atoms with Gasteiger partial charge in [-0.25, -0.2) is 9.97 Å². The molecular weight excluding hydrogens is 292 g/mol. The zero-order valence-corrected chi connectivity index (χ0v) is 14.0. The Kier molecular flexibility index (Phi) is 4.47. The van der Waals surface area contributed by atoms with Gasteiger partial charge in [0.05, 0.1) is 12.2 Å². The highest BCUT2D eigenvalue weighted by atomic mass is 16.4. The molecule has 0 unspecified atom stereocenters. The van der Waals surface area contributed by atoms with E-state index in [-0.39, 0.29) is 0 Å². The van der Waals surface area contributed by atoms with Gasteiger partial charge in [-0.1, -0.05) is 0 Å². The lowest BCUT2D eigenvalue weighted by Gasteiger charge is -2.21. The fraction of sp³-hybridized carbons (Fsp3) is 0.562. The lowest BCUT2D eigenvalue weighted by atomic mass is 10.4. The second-order valence-corrected chi connectivity index (χ2v) is 6.10. The van der Waals surface area contributed by atoms with Gasteiger partial charge in [-0.05, 0) is 27.2 Å². The van der Waals surface area contributed by atoms with Crippen LogP contribution in [0.25, 0.3) is 0 Å². The van der Waals surface area contributed by atoms with Crippen molar-refractivity contribution < 1.29 is 4.42 Å². The summed E-state index contributed by atoms with van der Waals surface area (Å²) in [6.07, 6.45) is 1.05. The topological polar surface area (TPSA) is 84.3 Å². The number of hydrogen-bond donors (Lipinski definition) is 1. The summed E-state index contributed by atoms with van der Waals surface area (Å²) in [5, 5.41) is 0. The molecule has 124 valence electrons. The number of anilines is 2. The van der Waals surface area contributed by atoms with E-state index < -0.39 is 0 Å². The highest BCUT2D eigenvalue weighted by Crippen LogP contribution is 2.16. The molecule has 3 heterocycles. The number of oxazole rings is 1. The van der Waals surface area contributed by atoms with Gasteiger partial charge in [-0.3, -0.25) is 4.90 Å². The lowest BCUT2D eigenvalue weighted by Crippen LogP contribution is -2.31. The molecule has 1 fully saturated rings. The van der Waals surface area contributed by atoms with Crippen LogP contribution in [0.3, 0.4) is 0 Å². The van der Waals surface area contributed by atoms with Gasteiger partial charge in [-0.15, -0.1) is 0 Å². The van der Waals surface area contributed by atoms with Crippen molar-refractivity contribution >= 4 is 11.8 Å². The van der Waals surface area contributed by atoms with Crippen molar-refractivity contribution in [1.29, 1.82) is 0 Å². The maximum Gasteiger partial charge on any atom is 0.227 e. The third kappa shape index (κ3) is 3.79. The van der Waals surface area contributed by atoms with E-state index in [1.807, 2.05) is 20.8 Å². The van der Waals surface area contributed by atoms with E-state index >= 15 is 0 Å². The monoisotopic (exact) mass is 316 g/mol. The number of rotatable bonds is 3. The summed E-state index contributed by atoms with van der Waals surface area (Å²) in [7, 11) is 0. The van der Waals surface area contributed by atoms with Crippen LogP contribution >= 0.6 is 0 Å². The first-order valence-electron chi connectivity index (χ1n) is 8.02. The number of nitrogen functional groups attached to an aromatic ring is 1. The van der Waals surface area contributed by atoms with Crippen molar-refractivity contribution in [3.63, 3.8) is 0 Å². The molecular formula is C16H24N6O. The van der Waals surface area contributed by atoms with Crippen LogP contribution in [0.1, 0.15) is 29.5 Å². The Morgan fingerprint density at radius 1 is 1.09 bits per heavy atom. The number of hydrogen-bond acceptors (Lipinski definition) is 7. The molecule has 7 nitrogen and oxygen atoms in total. The van der Waals surface area contributed by atoms with Crippen molar-refractivity contribution in [1.82, 2.24) is 19.9 Å². The average molecular weight is 316 g/mol. The van der Waals surface area contributed by atoms with Crippen LogP contribution in [-0.4, -0.2) is 46.0 Å². The van der Waals surface area contributed by atoms with Crippen LogP contribution in [0.15, 0.2) is 10.5 Å². The molecule has 0 radical (unpaired) electrons. The molecule has 0 amide bonds. The maximum absolute atomic E-state index is 5.84. The molecule has 0 saturated carbocycles. The molecule has 1 saturated heterocycles. The quantitative estimate of drug-likeness (QED) is 0.922. The highest BCUT2D eigenvalue weighted by molar-refractivity contribution is 5.40. The summed E-state index contributed by atoms with van der Waals surface area (Å²) >= 11 is 0. The summed E-state index contributed by atoms with van der Waals surface area (Å²) in [4.78, 5) is 17.9. The molecule has 1 aliphatic rings. The summed E-state index contributed by atoms with van der Waals surface area (Å²) in [6, 6.07) is 1.79. The average Bonchev–Trinajstić information content (AvgIpc) is 2.68. The van der Waals surface area contributed by atoms with E-state index in [0.717, 1.165) is 68.1 Å².